The molecule has 0 spiro atoms. The van der Waals surface area contributed by atoms with Gasteiger partial charge in [-0.05, 0) is 38.0 Å². The molecule has 1 heterocycles. The molecule has 1 aliphatic rings. The molecule has 1 N–H and O–H groups in total. The van der Waals surface area contributed by atoms with Crippen LogP contribution in [0.4, 0.5) is 22.7 Å². The number of nitro benzene ring substituents is 2. The van der Waals surface area contributed by atoms with Gasteiger partial charge >= 0.3 is 5.97 Å². The third-order valence-electron chi connectivity index (χ3n) is 4.88. The van der Waals surface area contributed by atoms with Gasteiger partial charge in [0.25, 0.3) is 17.3 Å². The van der Waals surface area contributed by atoms with Gasteiger partial charge in [0, 0.05) is 36.5 Å². The highest BCUT2D eigenvalue weighted by molar-refractivity contribution is 5.96. The van der Waals surface area contributed by atoms with Crippen molar-refractivity contribution in [1.82, 2.24) is 0 Å². The van der Waals surface area contributed by atoms with Crippen LogP contribution in [0.1, 0.15) is 28.8 Å². The minimum Gasteiger partial charge on any atom is -0.452 e. The molecule has 3 rings (SSSR count). The Balaban J connectivity index is 1.64. The smallest absolute Gasteiger partial charge is 0.338 e. The Morgan fingerprint density at radius 2 is 1.71 bits per heavy atom. The number of aryl methyl sites for hydroxylation is 1. The van der Waals surface area contributed by atoms with Crippen molar-refractivity contribution in [2.75, 3.05) is 29.9 Å². The summed E-state index contributed by atoms with van der Waals surface area (Å²) in [5.74, 6) is -1.59. The van der Waals surface area contributed by atoms with E-state index in [1.807, 2.05) is 4.90 Å². The number of nitrogens with zero attached hydrogens (tertiary/aromatic N) is 3. The molecule has 0 atom stereocenters. The Labute approximate surface area is 176 Å². The van der Waals surface area contributed by atoms with Crippen LogP contribution in [0.3, 0.4) is 0 Å². The molecule has 0 aliphatic carbocycles. The molecular formula is C20H20N4O7. The van der Waals surface area contributed by atoms with Crippen LogP contribution < -0.4 is 10.2 Å². The normalized spacial score (nSPS) is 13.0. The molecule has 162 valence electrons. The molecule has 0 radical (unpaired) electrons. The van der Waals surface area contributed by atoms with E-state index >= 15 is 0 Å². The van der Waals surface area contributed by atoms with Crippen LogP contribution in [0, 0.1) is 27.2 Å². The largest absolute Gasteiger partial charge is 0.452 e. The number of nitro groups is 2. The first-order valence-electron chi connectivity index (χ1n) is 9.51. The van der Waals surface area contributed by atoms with E-state index in [0.717, 1.165) is 18.9 Å². The number of anilines is 2. The van der Waals surface area contributed by atoms with E-state index in [-0.39, 0.29) is 22.6 Å². The van der Waals surface area contributed by atoms with Crippen LogP contribution in [-0.2, 0) is 9.53 Å². The van der Waals surface area contributed by atoms with Gasteiger partial charge in [-0.15, -0.1) is 0 Å². The van der Waals surface area contributed by atoms with Gasteiger partial charge in [-0.3, -0.25) is 25.0 Å². The molecule has 1 aliphatic heterocycles. The van der Waals surface area contributed by atoms with E-state index in [1.54, 1.807) is 6.92 Å². The van der Waals surface area contributed by atoms with Crippen molar-refractivity contribution >= 4 is 34.6 Å². The quantitative estimate of drug-likeness (QED) is 0.402. The summed E-state index contributed by atoms with van der Waals surface area (Å²) < 4.78 is 4.94. The fraction of sp³-hybridized carbons (Fsp3) is 0.300. The summed E-state index contributed by atoms with van der Waals surface area (Å²) in [5.41, 5.74) is 0.663. The second-order valence-corrected chi connectivity index (χ2v) is 7.04. The van der Waals surface area contributed by atoms with E-state index in [1.165, 1.54) is 30.3 Å². The molecule has 11 heteroatoms. The molecule has 2 aromatic carbocycles. The van der Waals surface area contributed by atoms with E-state index in [4.69, 9.17) is 4.74 Å². The van der Waals surface area contributed by atoms with Crippen molar-refractivity contribution in [3.8, 4) is 0 Å². The molecule has 1 amide bonds. The molecule has 0 unspecified atom stereocenters. The van der Waals surface area contributed by atoms with E-state index < -0.39 is 28.3 Å². The first-order chi connectivity index (χ1) is 14.8. The first-order valence-corrected chi connectivity index (χ1v) is 9.51. The number of benzene rings is 2. The van der Waals surface area contributed by atoms with Gasteiger partial charge in [0.1, 0.15) is 5.69 Å². The molecule has 1 fully saturated rings. The van der Waals surface area contributed by atoms with E-state index in [9.17, 15) is 29.8 Å². The van der Waals surface area contributed by atoms with Crippen molar-refractivity contribution in [3.63, 3.8) is 0 Å². The maximum atomic E-state index is 12.3. The molecule has 0 bridgehead atoms. The van der Waals surface area contributed by atoms with Crippen molar-refractivity contribution < 1.29 is 24.2 Å². The number of amides is 1. The monoisotopic (exact) mass is 428 g/mol. The summed E-state index contributed by atoms with van der Waals surface area (Å²) in [4.78, 5) is 47.5. The van der Waals surface area contributed by atoms with E-state index in [0.29, 0.717) is 24.3 Å². The third kappa shape index (κ3) is 5.13. The number of rotatable bonds is 7. The lowest BCUT2D eigenvalue weighted by atomic mass is 10.1. The summed E-state index contributed by atoms with van der Waals surface area (Å²) >= 11 is 0. The van der Waals surface area contributed by atoms with Gasteiger partial charge in [0.05, 0.1) is 15.4 Å². The number of hydrogen-bond acceptors (Lipinski definition) is 8. The second-order valence-electron chi connectivity index (χ2n) is 7.04. The van der Waals surface area contributed by atoms with Crippen LogP contribution in [0.2, 0.25) is 0 Å². The molecule has 0 aromatic heterocycles. The number of nitrogens with one attached hydrogen (secondary N) is 1. The highest BCUT2D eigenvalue weighted by Gasteiger charge is 2.24. The van der Waals surface area contributed by atoms with Gasteiger partial charge in [-0.2, -0.15) is 0 Å². The van der Waals surface area contributed by atoms with Crippen LogP contribution in [0.15, 0.2) is 36.4 Å². The lowest BCUT2D eigenvalue weighted by Crippen LogP contribution is -2.21. The minimum atomic E-state index is -0.888. The van der Waals surface area contributed by atoms with Crippen molar-refractivity contribution in [2.45, 2.75) is 19.8 Å². The maximum Gasteiger partial charge on any atom is 0.338 e. The van der Waals surface area contributed by atoms with Gasteiger partial charge in [0.2, 0.25) is 0 Å². The zero-order chi connectivity index (χ0) is 22.5. The molecule has 11 nitrogen and oxygen atoms in total. The average Bonchev–Trinajstić information content (AvgIpc) is 3.27. The Hall–Kier alpha value is -4.02. The molecule has 1 saturated heterocycles. The lowest BCUT2D eigenvalue weighted by molar-refractivity contribution is -0.385. The number of ether oxygens (including phenoxy) is 1. The third-order valence-corrected chi connectivity index (χ3v) is 4.88. The van der Waals surface area contributed by atoms with Gasteiger partial charge in [0.15, 0.2) is 6.61 Å². The molecule has 31 heavy (non-hydrogen) atoms. The van der Waals surface area contributed by atoms with Crippen molar-refractivity contribution in [3.05, 3.63) is 67.8 Å². The standard InChI is InChI=1S/C20H20N4O7/c1-13-4-6-15(11-17(13)23(27)28)21-19(25)12-31-20(26)14-5-7-16(18(10-14)24(29)30)22-8-2-3-9-22/h4-7,10-11H,2-3,8-9,12H2,1H3,(H,21,25). The Morgan fingerprint density at radius 1 is 1.03 bits per heavy atom. The number of esters is 1. The highest BCUT2D eigenvalue weighted by atomic mass is 16.6. The van der Waals surface area contributed by atoms with E-state index in [2.05, 4.69) is 5.32 Å². The van der Waals surface area contributed by atoms with Crippen molar-refractivity contribution in [2.24, 2.45) is 0 Å². The van der Waals surface area contributed by atoms with Crippen molar-refractivity contribution in [1.29, 1.82) is 0 Å². The zero-order valence-electron chi connectivity index (χ0n) is 16.7. The topological polar surface area (TPSA) is 145 Å². The van der Waals surface area contributed by atoms with Crippen LogP contribution in [0.5, 0.6) is 0 Å². The number of hydrogen-bond donors (Lipinski definition) is 1. The first kappa shape index (κ1) is 21.7. The van der Waals surface area contributed by atoms with Crippen LogP contribution >= 0.6 is 0 Å². The second kappa shape index (κ2) is 9.20. The van der Waals surface area contributed by atoms with Crippen LogP contribution in [0.25, 0.3) is 0 Å². The average molecular weight is 428 g/mol. The zero-order valence-corrected chi connectivity index (χ0v) is 16.7. The predicted octanol–water partition coefficient (Wildman–Crippen LogP) is 3.21. The summed E-state index contributed by atoms with van der Waals surface area (Å²) in [6.07, 6.45) is 1.89. The molecule has 0 saturated carbocycles. The molecular weight excluding hydrogens is 408 g/mol. The minimum absolute atomic E-state index is 0.0478. The summed E-state index contributed by atoms with van der Waals surface area (Å²) in [5, 5.41) is 24.8. The predicted molar refractivity (Wildman–Crippen MR) is 111 cm³/mol. The van der Waals surface area contributed by atoms with Crippen LogP contribution in [-0.4, -0.2) is 41.4 Å². The van der Waals surface area contributed by atoms with Gasteiger partial charge in [-0.25, -0.2) is 4.79 Å². The highest BCUT2D eigenvalue weighted by Crippen LogP contribution is 2.31. The summed E-state index contributed by atoms with van der Waals surface area (Å²) in [6, 6.07) is 8.24. The summed E-state index contributed by atoms with van der Waals surface area (Å²) in [6.45, 7) is 2.34. The maximum absolute atomic E-state index is 12.3. The number of carbonyl (C=O) groups is 2. The van der Waals surface area contributed by atoms with Gasteiger partial charge < -0.3 is 15.0 Å². The van der Waals surface area contributed by atoms with Gasteiger partial charge in [-0.1, -0.05) is 6.07 Å². The fourth-order valence-corrected chi connectivity index (χ4v) is 3.32. The Kier molecular flexibility index (Phi) is 6.43. The molecule has 2 aromatic rings. The lowest BCUT2D eigenvalue weighted by Gasteiger charge is -2.17. The Bertz CT molecular complexity index is 1050. The fourth-order valence-electron chi connectivity index (χ4n) is 3.32. The SMILES string of the molecule is Cc1ccc(NC(=O)COC(=O)c2ccc(N3CCCC3)c([N+](=O)[O-])c2)cc1[N+](=O)[O-]. The summed E-state index contributed by atoms with van der Waals surface area (Å²) in [7, 11) is 0. The number of carbonyl (C=O) groups excluding carboxylic acids is 2. The Morgan fingerprint density at radius 3 is 2.35 bits per heavy atom.